The normalized spacial score (nSPS) is 17.3. The van der Waals surface area contributed by atoms with E-state index in [0.29, 0.717) is 17.5 Å². The van der Waals surface area contributed by atoms with Gasteiger partial charge in [-0.1, -0.05) is 24.1 Å². The van der Waals surface area contributed by atoms with Gasteiger partial charge in [-0.15, -0.1) is 0 Å². The van der Waals surface area contributed by atoms with Crippen LogP contribution in [0.15, 0.2) is 42.7 Å². The molecule has 1 saturated heterocycles. The summed E-state index contributed by atoms with van der Waals surface area (Å²) in [6, 6.07) is 10.3. The molecule has 1 atom stereocenters. The predicted octanol–water partition coefficient (Wildman–Crippen LogP) is 1.00. The Balaban J connectivity index is 1.24. The zero-order valence-electron chi connectivity index (χ0n) is 18.4. The van der Waals surface area contributed by atoms with E-state index in [4.69, 9.17) is 0 Å². The third kappa shape index (κ3) is 3.90. The lowest BCUT2D eigenvalue weighted by atomic mass is 10.0. The van der Waals surface area contributed by atoms with Crippen LogP contribution in [-0.4, -0.2) is 44.1 Å². The lowest BCUT2D eigenvalue weighted by Gasteiger charge is -2.29. The molecule has 3 heterocycles. The summed E-state index contributed by atoms with van der Waals surface area (Å²) in [6.07, 6.45) is 2.23. The number of piperidine rings is 1. The number of carbonyl (C=O) groups is 4. The van der Waals surface area contributed by atoms with Crippen LogP contribution < -0.4 is 10.6 Å². The molecule has 1 unspecified atom stereocenters. The van der Waals surface area contributed by atoms with Gasteiger partial charge in [0.1, 0.15) is 11.6 Å². The summed E-state index contributed by atoms with van der Waals surface area (Å²) in [6.45, 7) is 0.539. The second kappa shape index (κ2) is 8.48. The summed E-state index contributed by atoms with van der Waals surface area (Å²) in [5.74, 6) is 4.08. The van der Waals surface area contributed by atoms with E-state index >= 15 is 0 Å². The largest absolute Gasteiger partial charge is 0.341 e. The van der Waals surface area contributed by atoms with E-state index in [1.54, 1.807) is 18.5 Å². The molecule has 0 aliphatic carbocycles. The number of aromatic nitrogens is 2. The molecule has 3 aromatic rings. The Morgan fingerprint density at radius 2 is 2.09 bits per heavy atom. The average molecular weight is 455 g/mol. The molecule has 2 N–H and O–H groups in total. The van der Waals surface area contributed by atoms with Crippen molar-refractivity contribution in [2.75, 3.05) is 0 Å². The Hall–Kier alpha value is -4.45. The minimum atomic E-state index is -0.653. The molecule has 0 bridgehead atoms. The Labute approximate surface area is 195 Å². The van der Waals surface area contributed by atoms with E-state index in [9.17, 15) is 19.2 Å². The lowest BCUT2D eigenvalue weighted by molar-refractivity contribution is -0.137. The van der Waals surface area contributed by atoms with Crippen LogP contribution in [0.25, 0.3) is 11.0 Å². The Kier molecular flexibility index (Phi) is 5.34. The number of imidazole rings is 1. The third-order valence-electron chi connectivity index (χ3n) is 6.11. The number of imide groups is 1. The topological polar surface area (TPSA) is 113 Å². The lowest BCUT2D eigenvalue weighted by Crippen LogP contribution is -2.52. The van der Waals surface area contributed by atoms with Crippen molar-refractivity contribution in [1.82, 2.24) is 25.1 Å². The van der Waals surface area contributed by atoms with E-state index in [0.717, 1.165) is 22.2 Å². The summed E-state index contributed by atoms with van der Waals surface area (Å²) in [5.41, 5.74) is 4.49. The molecule has 4 amide bonds. The third-order valence-corrected chi connectivity index (χ3v) is 6.11. The summed E-state index contributed by atoms with van der Waals surface area (Å²) in [5, 5.41) is 5.07. The van der Waals surface area contributed by atoms with Gasteiger partial charge in [0.15, 0.2) is 0 Å². The first-order valence-corrected chi connectivity index (χ1v) is 10.9. The van der Waals surface area contributed by atoms with Crippen LogP contribution in [0.3, 0.4) is 0 Å². The Morgan fingerprint density at radius 1 is 1.24 bits per heavy atom. The van der Waals surface area contributed by atoms with Crippen LogP contribution in [0.2, 0.25) is 0 Å². The summed E-state index contributed by atoms with van der Waals surface area (Å²) >= 11 is 0. The van der Waals surface area contributed by atoms with Crippen molar-refractivity contribution in [3.8, 4) is 11.8 Å². The molecule has 9 heteroatoms. The summed E-state index contributed by atoms with van der Waals surface area (Å²) in [7, 11) is 1.90. The van der Waals surface area contributed by atoms with Gasteiger partial charge in [0.2, 0.25) is 11.8 Å². The van der Waals surface area contributed by atoms with E-state index in [1.807, 2.05) is 35.9 Å². The van der Waals surface area contributed by atoms with Crippen LogP contribution in [0, 0.1) is 11.8 Å². The van der Waals surface area contributed by atoms with Crippen LogP contribution in [0.5, 0.6) is 0 Å². The van der Waals surface area contributed by atoms with Crippen molar-refractivity contribution in [2.24, 2.45) is 7.05 Å². The Morgan fingerprint density at radius 3 is 2.91 bits per heavy atom. The fourth-order valence-corrected chi connectivity index (χ4v) is 4.35. The van der Waals surface area contributed by atoms with E-state index < -0.39 is 17.9 Å². The molecule has 2 aliphatic heterocycles. The summed E-state index contributed by atoms with van der Waals surface area (Å²) in [4.78, 5) is 54.5. The molecule has 0 radical (unpaired) electrons. The van der Waals surface area contributed by atoms with Gasteiger partial charge in [-0.25, -0.2) is 4.98 Å². The molecule has 9 nitrogen and oxygen atoms in total. The molecule has 2 aliphatic rings. The number of hydrogen-bond donors (Lipinski definition) is 2. The Bertz CT molecular complexity index is 1430. The van der Waals surface area contributed by atoms with Gasteiger partial charge in [0.05, 0.1) is 17.4 Å². The highest BCUT2D eigenvalue weighted by molar-refractivity contribution is 6.05. The molecule has 170 valence electrons. The molecule has 1 fully saturated rings. The molecular formula is C25H21N5O4. The maximum absolute atomic E-state index is 12.8. The number of amides is 4. The number of rotatable bonds is 3. The number of hydrogen-bond acceptors (Lipinski definition) is 5. The van der Waals surface area contributed by atoms with Gasteiger partial charge in [-0.3, -0.25) is 24.5 Å². The standard InChI is InChI=1S/C25H21N5O4/c1-29-14-27-23-16(3-2-4-19(23)29)6-9-21(31)26-12-15-5-7-18-17(11-15)13-30(25(18)34)20-8-10-22(32)28-24(20)33/h2-5,7,11,14,20H,8,10,12-13H2,1H3,(H,26,31)(H,28,32,33). The van der Waals surface area contributed by atoms with Crippen molar-refractivity contribution in [3.63, 3.8) is 0 Å². The van der Waals surface area contributed by atoms with E-state index in [2.05, 4.69) is 27.5 Å². The van der Waals surface area contributed by atoms with Crippen LogP contribution >= 0.6 is 0 Å². The minimum absolute atomic E-state index is 0.212. The molecule has 1 aromatic heterocycles. The first-order chi connectivity index (χ1) is 16.4. The van der Waals surface area contributed by atoms with Crippen molar-refractivity contribution in [2.45, 2.75) is 32.0 Å². The van der Waals surface area contributed by atoms with Crippen molar-refractivity contribution >= 4 is 34.7 Å². The quantitative estimate of drug-likeness (QED) is 0.452. The number of carbonyl (C=O) groups excluding carboxylic acids is 4. The number of benzene rings is 2. The first kappa shape index (κ1) is 21.4. The van der Waals surface area contributed by atoms with Gasteiger partial charge in [0, 0.05) is 38.0 Å². The number of nitrogens with one attached hydrogen (secondary N) is 2. The van der Waals surface area contributed by atoms with Gasteiger partial charge < -0.3 is 14.8 Å². The number of aryl methyl sites for hydroxylation is 1. The van der Waals surface area contributed by atoms with Crippen LogP contribution in [-0.2, 0) is 34.5 Å². The molecule has 34 heavy (non-hydrogen) atoms. The van der Waals surface area contributed by atoms with Gasteiger partial charge in [0.25, 0.3) is 11.8 Å². The predicted molar refractivity (Wildman–Crippen MR) is 122 cm³/mol. The first-order valence-electron chi connectivity index (χ1n) is 10.9. The highest BCUT2D eigenvalue weighted by atomic mass is 16.2. The smallest absolute Gasteiger partial charge is 0.296 e. The molecule has 0 spiro atoms. The monoisotopic (exact) mass is 455 g/mol. The van der Waals surface area contributed by atoms with E-state index in [-0.39, 0.29) is 31.3 Å². The molecule has 5 rings (SSSR count). The SMILES string of the molecule is Cn1cnc2c(C#CC(=O)NCc3ccc4c(c3)CN(C3CCC(=O)NC3=O)C4=O)cccc21. The van der Waals surface area contributed by atoms with Crippen LogP contribution in [0.1, 0.15) is 39.9 Å². The van der Waals surface area contributed by atoms with Crippen molar-refractivity contribution < 1.29 is 19.2 Å². The molecular weight excluding hydrogens is 434 g/mol. The highest BCUT2D eigenvalue weighted by Crippen LogP contribution is 2.28. The van der Waals surface area contributed by atoms with Gasteiger partial charge in [-0.2, -0.15) is 0 Å². The number of para-hydroxylation sites is 1. The maximum atomic E-state index is 12.8. The van der Waals surface area contributed by atoms with Crippen molar-refractivity contribution in [1.29, 1.82) is 0 Å². The second-order valence-electron chi connectivity index (χ2n) is 8.35. The number of fused-ring (bicyclic) bond motifs is 2. The molecule has 0 saturated carbocycles. The fraction of sp³-hybridized carbons (Fsp3) is 0.240. The number of nitrogens with zero attached hydrogens (tertiary/aromatic N) is 3. The fourth-order valence-electron chi connectivity index (χ4n) is 4.35. The van der Waals surface area contributed by atoms with E-state index in [1.165, 1.54) is 4.90 Å². The minimum Gasteiger partial charge on any atom is -0.341 e. The zero-order chi connectivity index (χ0) is 23.8. The van der Waals surface area contributed by atoms with Gasteiger partial charge in [-0.05, 0) is 35.7 Å². The molecule has 2 aromatic carbocycles. The highest BCUT2D eigenvalue weighted by Gasteiger charge is 2.39. The maximum Gasteiger partial charge on any atom is 0.296 e. The average Bonchev–Trinajstić information content (AvgIpc) is 3.36. The van der Waals surface area contributed by atoms with Crippen LogP contribution in [0.4, 0.5) is 0 Å². The second-order valence-corrected chi connectivity index (χ2v) is 8.35. The zero-order valence-corrected chi connectivity index (χ0v) is 18.4. The van der Waals surface area contributed by atoms with Crippen molar-refractivity contribution in [3.05, 3.63) is 65.0 Å². The summed E-state index contributed by atoms with van der Waals surface area (Å²) < 4.78 is 1.89. The van der Waals surface area contributed by atoms with Gasteiger partial charge >= 0.3 is 0 Å².